The lowest BCUT2D eigenvalue weighted by Crippen LogP contribution is -2.53. The predicted molar refractivity (Wildman–Crippen MR) is 98.4 cm³/mol. The molecule has 1 N–H and O–H groups in total. The van der Waals surface area contributed by atoms with E-state index in [1.54, 1.807) is 14.2 Å². The number of para-hydroxylation sites is 2. The van der Waals surface area contributed by atoms with E-state index in [1.165, 1.54) is 0 Å². The minimum Gasteiger partial charge on any atom is -0.493 e. The maximum Gasteiger partial charge on any atom is 0.160 e. The Kier molecular flexibility index (Phi) is 6.32. The number of aliphatic hydroxyl groups is 1. The molecule has 0 aromatic heterocycles. The zero-order valence-electron chi connectivity index (χ0n) is 14.7. The van der Waals surface area contributed by atoms with E-state index in [9.17, 15) is 5.11 Å². The van der Waals surface area contributed by atoms with Crippen LogP contribution in [0.25, 0.3) is 0 Å². The van der Waals surface area contributed by atoms with Gasteiger partial charge in [-0.05, 0) is 38.1 Å². The van der Waals surface area contributed by atoms with Crippen LogP contribution in [0.15, 0.2) is 24.3 Å². The van der Waals surface area contributed by atoms with E-state index < -0.39 is 11.3 Å². The summed E-state index contributed by atoms with van der Waals surface area (Å²) in [6.07, 6.45) is 1.11. The Bertz CT molecular complexity index is 521. The molecule has 24 heavy (non-hydrogen) atoms. The van der Waals surface area contributed by atoms with E-state index in [0.717, 1.165) is 30.9 Å². The summed E-state index contributed by atoms with van der Waals surface area (Å²) in [5, 5.41) is 8.81. The van der Waals surface area contributed by atoms with Gasteiger partial charge in [0.15, 0.2) is 11.5 Å². The standard InChI is InChI=1S/C9H14B3NO.C8H10O2/c1-13-3-2-5-4-6(10)8(14)9(11,12)7(5)13;1-9-7-5-3-4-6-8(7)10-2/h5-8,14H,2-4H2,1H3;3-6H,1-2H3. The molecule has 124 valence electrons. The largest absolute Gasteiger partial charge is 0.493 e. The molecule has 2 fully saturated rings. The van der Waals surface area contributed by atoms with Crippen LogP contribution in [0.5, 0.6) is 11.5 Å². The van der Waals surface area contributed by atoms with Crippen LogP contribution in [0, 0.1) is 5.92 Å². The van der Waals surface area contributed by atoms with Crippen molar-refractivity contribution >= 4 is 23.5 Å². The Hall–Kier alpha value is -1.07. The van der Waals surface area contributed by atoms with Gasteiger partial charge in [0.2, 0.25) is 0 Å². The molecule has 0 bridgehead atoms. The van der Waals surface area contributed by atoms with Gasteiger partial charge >= 0.3 is 0 Å². The van der Waals surface area contributed by atoms with Crippen LogP contribution in [-0.2, 0) is 0 Å². The molecule has 1 aromatic carbocycles. The fourth-order valence-corrected chi connectivity index (χ4v) is 3.87. The summed E-state index contributed by atoms with van der Waals surface area (Å²) in [5.74, 6) is 1.70. The van der Waals surface area contributed by atoms with E-state index in [0.29, 0.717) is 5.92 Å². The van der Waals surface area contributed by atoms with E-state index in [2.05, 4.69) is 4.90 Å². The van der Waals surface area contributed by atoms with Crippen LogP contribution in [-0.4, -0.2) is 73.5 Å². The monoisotopic (exact) mass is 323 g/mol. The zero-order valence-corrected chi connectivity index (χ0v) is 14.7. The van der Waals surface area contributed by atoms with Gasteiger partial charge in [-0.2, -0.15) is 0 Å². The summed E-state index contributed by atoms with van der Waals surface area (Å²) in [4.78, 5) is 2.14. The molecular weight excluding hydrogens is 299 g/mol. The summed E-state index contributed by atoms with van der Waals surface area (Å²) >= 11 is 0. The summed E-state index contributed by atoms with van der Waals surface area (Å²) in [6, 6.07) is 7.60. The summed E-state index contributed by atoms with van der Waals surface area (Å²) in [6.45, 7) is 0.991. The maximum atomic E-state index is 9.87. The van der Waals surface area contributed by atoms with Crippen LogP contribution in [0.2, 0.25) is 11.0 Å². The Balaban J connectivity index is 0.000000185. The third kappa shape index (κ3) is 3.78. The molecule has 2 aliphatic rings. The number of benzene rings is 1. The van der Waals surface area contributed by atoms with Gasteiger partial charge in [0.05, 0.1) is 37.8 Å². The molecule has 1 aliphatic carbocycles. The van der Waals surface area contributed by atoms with Crippen LogP contribution < -0.4 is 9.47 Å². The number of aliphatic hydroxyl groups excluding tert-OH is 1. The van der Waals surface area contributed by atoms with Gasteiger partial charge in [0.1, 0.15) is 0 Å². The molecule has 4 nitrogen and oxygen atoms in total. The average Bonchev–Trinajstić information content (AvgIpc) is 2.95. The molecule has 0 amide bonds. The summed E-state index contributed by atoms with van der Waals surface area (Å²) in [7, 11) is 23.1. The van der Waals surface area contributed by atoms with Crippen molar-refractivity contribution in [1.82, 2.24) is 4.90 Å². The second-order valence-corrected chi connectivity index (χ2v) is 6.67. The molecule has 4 unspecified atom stereocenters. The van der Waals surface area contributed by atoms with Crippen molar-refractivity contribution in [3.8, 4) is 11.5 Å². The van der Waals surface area contributed by atoms with Gasteiger partial charge in [-0.1, -0.05) is 29.6 Å². The number of hydrogen-bond acceptors (Lipinski definition) is 4. The lowest BCUT2D eigenvalue weighted by Gasteiger charge is -2.51. The van der Waals surface area contributed by atoms with E-state index >= 15 is 0 Å². The van der Waals surface area contributed by atoms with Crippen LogP contribution >= 0.6 is 0 Å². The predicted octanol–water partition coefficient (Wildman–Crippen LogP) is 1.19. The molecule has 1 aromatic rings. The first kappa shape index (κ1) is 19.3. The number of rotatable bonds is 2. The van der Waals surface area contributed by atoms with Crippen molar-refractivity contribution in [2.24, 2.45) is 5.92 Å². The smallest absolute Gasteiger partial charge is 0.160 e. The normalized spacial score (nSPS) is 31.5. The molecule has 1 heterocycles. The van der Waals surface area contributed by atoms with Gasteiger partial charge < -0.3 is 19.5 Å². The maximum absolute atomic E-state index is 9.87. The zero-order chi connectivity index (χ0) is 17.9. The van der Waals surface area contributed by atoms with Crippen molar-refractivity contribution < 1.29 is 14.6 Å². The Morgan fingerprint density at radius 2 is 1.71 bits per heavy atom. The highest BCUT2D eigenvalue weighted by atomic mass is 16.5. The first-order valence-corrected chi connectivity index (χ1v) is 8.21. The van der Waals surface area contributed by atoms with Crippen LogP contribution in [0.1, 0.15) is 12.8 Å². The van der Waals surface area contributed by atoms with Crippen molar-refractivity contribution in [3.05, 3.63) is 24.3 Å². The van der Waals surface area contributed by atoms with Gasteiger partial charge in [-0.25, -0.2) is 0 Å². The summed E-state index contributed by atoms with van der Waals surface area (Å²) in [5.41, 5.74) is 0. The van der Waals surface area contributed by atoms with E-state index in [1.807, 2.05) is 31.3 Å². The first-order chi connectivity index (χ1) is 11.3. The average molecular weight is 323 g/mol. The molecule has 4 atom stereocenters. The number of nitrogens with zero attached hydrogens (tertiary/aromatic N) is 1. The lowest BCUT2D eigenvalue weighted by atomic mass is 9.39. The van der Waals surface area contributed by atoms with Crippen LogP contribution in [0.3, 0.4) is 0 Å². The van der Waals surface area contributed by atoms with E-state index in [4.69, 9.17) is 33.0 Å². The Morgan fingerprint density at radius 1 is 1.17 bits per heavy atom. The highest BCUT2D eigenvalue weighted by Gasteiger charge is 2.50. The number of likely N-dealkylation sites (tertiary alicyclic amines) is 1. The minimum absolute atomic E-state index is 0.0669. The molecule has 6 radical (unpaired) electrons. The number of hydrogen-bond donors (Lipinski definition) is 1. The highest BCUT2D eigenvalue weighted by Crippen LogP contribution is 2.50. The third-order valence-corrected chi connectivity index (χ3v) is 5.07. The number of methoxy groups -OCH3 is 2. The molecule has 0 spiro atoms. The topological polar surface area (TPSA) is 41.9 Å². The second kappa shape index (κ2) is 7.88. The Morgan fingerprint density at radius 3 is 2.21 bits per heavy atom. The Labute approximate surface area is 149 Å². The molecule has 1 saturated carbocycles. The fourth-order valence-electron chi connectivity index (χ4n) is 3.87. The summed E-state index contributed by atoms with van der Waals surface area (Å²) < 4.78 is 10.0. The van der Waals surface area contributed by atoms with Crippen molar-refractivity contribution in [1.29, 1.82) is 0 Å². The minimum atomic E-state index is -1.06. The van der Waals surface area contributed by atoms with Crippen molar-refractivity contribution in [3.63, 3.8) is 0 Å². The van der Waals surface area contributed by atoms with Crippen molar-refractivity contribution in [2.75, 3.05) is 27.8 Å². The van der Waals surface area contributed by atoms with Gasteiger partial charge in [-0.3, -0.25) is 0 Å². The second-order valence-electron chi connectivity index (χ2n) is 6.67. The molecule has 1 aliphatic heterocycles. The fraction of sp³-hybridized carbons (Fsp3) is 0.647. The van der Waals surface area contributed by atoms with Crippen LogP contribution in [0.4, 0.5) is 0 Å². The molecule has 1 saturated heterocycles. The quantitative estimate of drug-likeness (QED) is 0.831. The number of ether oxygens (including phenoxy) is 2. The van der Waals surface area contributed by atoms with Gasteiger partial charge in [0, 0.05) is 12.1 Å². The first-order valence-electron chi connectivity index (χ1n) is 8.21. The molecule has 3 rings (SSSR count). The highest BCUT2D eigenvalue weighted by molar-refractivity contribution is 6.41. The SMILES string of the molecule is COc1ccccc1OC.[B]C1CC2CCN(C)C2C([B])([B])C1O. The van der Waals surface area contributed by atoms with Gasteiger partial charge in [0.25, 0.3) is 0 Å². The molecular formula is C17H24B3NO3. The number of fused-ring (bicyclic) bond motifs is 1. The van der Waals surface area contributed by atoms with Crippen molar-refractivity contribution in [2.45, 2.75) is 36.0 Å². The van der Waals surface area contributed by atoms with Gasteiger partial charge in [-0.15, -0.1) is 0 Å². The molecule has 7 heteroatoms. The van der Waals surface area contributed by atoms with E-state index in [-0.39, 0.29) is 11.9 Å². The third-order valence-electron chi connectivity index (χ3n) is 5.07. The lowest BCUT2D eigenvalue weighted by molar-refractivity contribution is 0.0559.